The zero-order chi connectivity index (χ0) is 17.3. The molecule has 6 nitrogen and oxygen atoms in total. The van der Waals surface area contributed by atoms with E-state index in [1.165, 1.54) is 0 Å². The lowest BCUT2D eigenvalue weighted by Gasteiger charge is -2.38. The molecule has 0 spiro atoms. The molecule has 2 saturated heterocycles. The maximum atomic E-state index is 12.4. The summed E-state index contributed by atoms with van der Waals surface area (Å²) in [6.07, 6.45) is 4.65. The van der Waals surface area contributed by atoms with Gasteiger partial charge in [0.15, 0.2) is 0 Å². The molecule has 0 bridgehead atoms. The van der Waals surface area contributed by atoms with Crippen molar-refractivity contribution in [3.8, 4) is 0 Å². The number of fused-ring (bicyclic) bond motifs is 1. The van der Waals surface area contributed by atoms with Crippen LogP contribution < -0.4 is 11.0 Å². The molecule has 0 amide bonds. The van der Waals surface area contributed by atoms with Gasteiger partial charge in [-0.1, -0.05) is 12.1 Å². The highest BCUT2D eigenvalue weighted by Crippen LogP contribution is 2.27. The number of piperidine rings is 1. The molecule has 25 heavy (non-hydrogen) atoms. The fraction of sp³-hybridized carbons (Fsp3) is 0.632. The fourth-order valence-corrected chi connectivity index (χ4v) is 4.46. The summed E-state index contributed by atoms with van der Waals surface area (Å²) in [6, 6.07) is 8.15. The van der Waals surface area contributed by atoms with Gasteiger partial charge in [-0.05, 0) is 57.3 Å². The number of aromatic nitrogens is 2. The first-order chi connectivity index (χ1) is 12.1. The Bertz CT molecular complexity index is 765. The molecule has 0 saturated carbocycles. The number of nitrogens with zero attached hydrogens (tertiary/aromatic N) is 2. The highest BCUT2D eigenvalue weighted by molar-refractivity contribution is 5.75. The van der Waals surface area contributed by atoms with E-state index >= 15 is 0 Å². The van der Waals surface area contributed by atoms with Gasteiger partial charge in [0.25, 0.3) is 0 Å². The minimum atomic E-state index is -0.562. The Balaban J connectivity index is 1.43. The summed E-state index contributed by atoms with van der Waals surface area (Å²) in [5.41, 5.74) is 1.34. The summed E-state index contributed by atoms with van der Waals surface area (Å²) in [6.45, 7) is 4.54. The van der Waals surface area contributed by atoms with Crippen LogP contribution in [0.5, 0.6) is 0 Å². The van der Waals surface area contributed by atoms with E-state index in [9.17, 15) is 9.90 Å². The quantitative estimate of drug-likeness (QED) is 0.788. The van der Waals surface area contributed by atoms with E-state index in [-0.39, 0.29) is 11.7 Å². The van der Waals surface area contributed by atoms with Crippen LogP contribution in [-0.2, 0) is 0 Å². The van der Waals surface area contributed by atoms with Gasteiger partial charge < -0.3 is 20.3 Å². The van der Waals surface area contributed by atoms with E-state index in [0.717, 1.165) is 75.9 Å². The van der Waals surface area contributed by atoms with Gasteiger partial charge in [0.05, 0.1) is 16.6 Å². The van der Waals surface area contributed by atoms with E-state index in [4.69, 9.17) is 0 Å². The molecule has 136 valence electrons. The summed E-state index contributed by atoms with van der Waals surface area (Å²) in [5, 5.41) is 14.3. The number of benzene rings is 1. The second-order valence-corrected chi connectivity index (χ2v) is 7.65. The zero-order valence-corrected chi connectivity index (χ0v) is 14.7. The van der Waals surface area contributed by atoms with Gasteiger partial charge in [-0.3, -0.25) is 4.57 Å². The molecule has 1 aromatic heterocycles. The van der Waals surface area contributed by atoms with Crippen LogP contribution in [0.25, 0.3) is 11.0 Å². The van der Waals surface area contributed by atoms with Crippen LogP contribution in [0.1, 0.15) is 38.1 Å². The first-order valence-electron chi connectivity index (χ1n) is 9.49. The molecular formula is C19H28N4O2. The number of rotatable bonds is 3. The summed E-state index contributed by atoms with van der Waals surface area (Å²) < 4.78 is 1.93. The monoisotopic (exact) mass is 344 g/mol. The summed E-state index contributed by atoms with van der Waals surface area (Å²) in [4.78, 5) is 17.7. The van der Waals surface area contributed by atoms with E-state index in [0.29, 0.717) is 0 Å². The molecule has 3 heterocycles. The number of H-pyrrole nitrogens is 1. The minimum absolute atomic E-state index is 0.00637. The lowest BCUT2D eigenvalue weighted by atomic mass is 9.93. The molecule has 1 aromatic carbocycles. The number of aromatic amines is 1. The second kappa shape index (κ2) is 6.94. The second-order valence-electron chi connectivity index (χ2n) is 7.65. The lowest BCUT2D eigenvalue weighted by molar-refractivity contribution is -0.0141. The molecule has 0 aliphatic carbocycles. The number of nitrogens with one attached hydrogen (secondary N) is 2. The van der Waals surface area contributed by atoms with Crippen LogP contribution in [0.15, 0.2) is 29.1 Å². The largest absolute Gasteiger partial charge is 0.389 e. The molecule has 2 aliphatic heterocycles. The molecule has 6 heteroatoms. The molecule has 3 N–H and O–H groups in total. The number of hydrogen-bond donors (Lipinski definition) is 3. The first kappa shape index (κ1) is 16.8. The molecule has 0 unspecified atom stereocenters. The average Bonchev–Trinajstić information content (AvgIpc) is 2.79. The molecule has 4 rings (SSSR count). The van der Waals surface area contributed by atoms with Gasteiger partial charge in [-0.25, -0.2) is 4.79 Å². The van der Waals surface area contributed by atoms with Gasteiger partial charge in [-0.15, -0.1) is 0 Å². The van der Waals surface area contributed by atoms with Gasteiger partial charge in [0, 0.05) is 25.7 Å². The molecule has 0 radical (unpaired) electrons. The zero-order valence-electron chi connectivity index (χ0n) is 14.7. The van der Waals surface area contributed by atoms with E-state index < -0.39 is 5.60 Å². The van der Waals surface area contributed by atoms with Gasteiger partial charge >= 0.3 is 5.69 Å². The van der Waals surface area contributed by atoms with Crippen molar-refractivity contribution in [3.05, 3.63) is 34.7 Å². The van der Waals surface area contributed by atoms with Crippen molar-refractivity contribution in [2.24, 2.45) is 0 Å². The molecular weight excluding hydrogens is 316 g/mol. The molecule has 2 fully saturated rings. The predicted octanol–water partition coefficient (Wildman–Crippen LogP) is 1.47. The van der Waals surface area contributed by atoms with Crippen LogP contribution in [-0.4, -0.2) is 57.9 Å². The third-order valence-electron chi connectivity index (χ3n) is 5.83. The van der Waals surface area contributed by atoms with Gasteiger partial charge in [0.1, 0.15) is 0 Å². The van der Waals surface area contributed by atoms with Crippen molar-refractivity contribution in [3.63, 3.8) is 0 Å². The van der Waals surface area contributed by atoms with Crippen molar-refractivity contribution in [2.45, 2.75) is 43.7 Å². The Morgan fingerprint density at radius 1 is 1.16 bits per heavy atom. The normalized spacial score (nSPS) is 26.8. The van der Waals surface area contributed by atoms with Crippen molar-refractivity contribution >= 4 is 11.0 Å². The number of likely N-dealkylation sites (tertiary alicyclic amines) is 1. The first-order valence-corrected chi connectivity index (χ1v) is 9.49. The Hall–Kier alpha value is -1.63. The Morgan fingerprint density at radius 2 is 1.96 bits per heavy atom. The highest BCUT2D eigenvalue weighted by Gasteiger charge is 2.32. The third kappa shape index (κ3) is 3.52. The molecule has 2 aliphatic rings. The maximum absolute atomic E-state index is 12.4. The maximum Gasteiger partial charge on any atom is 0.326 e. The standard InChI is InChI=1S/C19H28N4O2/c24-18-21-16-4-1-2-5-17(16)23(18)15-6-12-22(13-7-15)14-19(25)8-3-10-20-11-9-19/h1-2,4-5,15,20,25H,3,6-14H2,(H,21,24)/t19-/m0/s1. The fourth-order valence-electron chi connectivity index (χ4n) is 4.46. The van der Waals surface area contributed by atoms with Crippen LogP contribution in [0.2, 0.25) is 0 Å². The Kier molecular flexibility index (Phi) is 4.67. The van der Waals surface area contributed by atoms with Crippen LogP contribution in [0, 0.1) is 0 Å². The Morgan fingerprint density at radius 3 is 2.80 bits per heavy atom. The smallest absolute Gasteiger partial charge is 0.326 e. The van der Waals surface area contributed by atoms with Crippen LogP contribution in [0.3, 0.4) is 0 Å². The average molecular weight is 344 g/mol. The van der Waals surface area contributed by atoms with Gasteiger partial charge in [-0.2, -0.15) is 0 Å². The summed E-state index contributed by atoms with van der Waals surface area (Å²) in [5.74, 6) is 0. The lowest BCUT2D eigenvalue weighted by Crippen LogP contribution is -2.47. The third-order valence-corrected chi connectivity index (χ3v) is 5.83. The van der Waals surface area contributed by atoms with Crippen LogP contribution in [0.4, 0.5) is 0 Å². The van der Waals surface area contributed by atoms with E-state index in [1.807, 2.05) is 28.8 Å². The molecule has 2 aromatic rings. The minimum Gasteiger partial charge on any atom is -0.389 e. The molecule has 1 atom stereocenters. The summed E-state index contributed by atoms with van der Waals surface area (Å²) >= 11 is 0. The van der Waals surface area contributed by atoms with Gasteiger partial charge in [0.2, 0.25) is 0 Å². The highest BCUT2D eigenvalue weighted by atomic mass is 16.3. The van der Waals surface area contributed by atoms with Crippen molar-refractivity contribution < 1.29 is 5.11 Å². The van der Waals surface area contributed by atoms with E-state index in [1.54, 1.807) is 0 Å². The SMILES string of the molecule is O=c1[nH]c2ccccc2n1C1CCN(C[C@]2(O)CCCNCC2)CC1. The number of para-hydroxylation sites is 2. The van der Waals surface area contributed by atoms with E-state index in [2.05, 4.69) is 15.2 Å². The van der Waals surface area contributed by atoms with Crippen molar-refractivity contribution in [1.29, 1.82) is 0 Å². The number of imidazole rings is 1. The van der Waals surface area contributed by atoms with Crippen molar-refractivity contribution in [1.82, 2.24) is 19.8 Å². The summed E-state index contributed by atoms with van der Waals surface area (Å²) in [7, 11) is 0. The number of aliphatic hydroxyl groups is 1. The van der Waals surface area contributed by atoms with Crippen LogP contribution >= 0.6 is 0 Å². The Labute approximate surface area is 147 Å². The topological polar surface area (TPSA) is 73.3 Å². The van der Waals surface area contributed by atoms with Crippen molar-refractivity contribution in [2.75, 3.05) is 32.7 Å². The number of hydrogen-bond acceptors (Lipinski definition) is 4. The number of β-amino-alcohol motifs (C(OH)–C–C–N with tert-alkyl or cyclic N) is 1. The predicted molar refractivity (Wildman–Crippen MR) is 98.9 cm³/mol.